The molecule has 0 unspecified atom stereocenters. The minimum atomic E-state index is -0.137. The summed E-state index contributed by atoms with van der Waals surface area (Å²) in [6, 6.07) is 8.41. The summed E-state index contributed by atoms with van der Waals surface area (Å²) in [7, 11) is 0. The normalized spacial score (nSPS) is 30.2. The number of benzene rings is 1. The van der Waals surface area contributed by atoms with Gasteiger partial charge in [-0.05, 0) is 12.0 Å². The van der Waals surface area contributed by atoms with Crippen LogP contribution < -0.4 is 4.74 Å². The molecule has 0 N–H and O–H groups in total. The lowest BCUT2D eigenvalue weighted by molar-refractivity contribution is -0.132. The molecule has 1 aromatic carbocycles. The third kappa shape index (κ3) is 2.80. The molecule has 1 amide bonds. The van der Waals surface area contributed by atoms with E-state index < -0.39 is 0 Å². The lowest BCUT2D eigenvalue weighted by atomic mass is 9.99. The number of hydrogen-bond donors (Lipinski definition) is 0. The Morgan fingerprint density at radius 1 is 1.21 bits per heavy atom. The third-order valence-electron chi connectivity index (χ3n) is 5.76. The molecule has 0 saturated carbocycles. The Hall–Kier alpha value is -1.59. The first-order chi connectivity index (χ1) is 11.8. The van der Waals surface area contributed by atoms with Gasteiger partial charge in [0.15, 0.2) is 0 Å². The average molecular weight is 330 g/mol. The van der Waals surface area contributed by atoms with Crippen LogP contribution >= 0.6 is 0 Å². The number of fused-ring (bicyclic) bond motifs is 1. The molecule has 3 aliphatic heterocycles. The van der Waals surface area contributed by atoms with E-state index in [9.17, 15) is 4.79 Å². The van der Waals surface area contributed by atoms with E-state index in [0.717, 1.165) is 57.1 Å². The quantitative estimate of drug-likeness (QED) is 0.846. The first-order valence-electron chi connectivity index (χ1n) is 9.10. The van der Waals surface area contributed by atoms with Crippen molar-refractivity contribution in [3.63, 3.8) is 0 Å². The van der Waals surface area contributed by atoms with Crippen molar-refractivity contribution in [1.29, 1.82) is 0 Å². The molecule has 4 rings (SSSR count). The summed E-state index contributed by atoms with van der Waals surface area (Å²) in [5.74, 6) is 1.52. The molecular formula is C19H26N2O3. The molecule has 0 spiro atoms. The monoisotopic (exact) mass is 330 g/mol. The van der Waals surface area contributed by atoms with Crippen LogP contribution in [-0.2, 0) is 9.53 Å². The average Bonchev–Trinajstić information content (AvgIpc) is 3.26. The Kier molecular flexibility index (Phi) is 4.46. The number of morpholine rings is 1. The van der Waals surface area contributed by atoms with E-state index >= 15 is 0 Å². The Morgan fingerprint density at radius 3 is 2.79 bits per heavy atom. The van der Waals surface area contributed by atoms with Gasteiger partial charge in [-0.1, -0.05) is 31.5 Å². The molecule has 130 valence electrons. The van der Waals surface area contributed by atoms with Crippen LogP contribution in [0.3, 0.4) is 0 Å². The van der Waals surface area contributed by atoms with Gasteiger partial charge in [-0.3, -0.25) is 9.69 Å². The first kappa shape index (κ1) is 15.9. The number of ether oxygens (including phenoxy) is 2. The largest absolute Gasteiger partial charge is 0.492 e. The standard InChI is InChI=1S/C19H26N2O3/c1-2-14-11-21(12-17(14)20-7-9-23-10-8-20)19(22)16-13-24-18-6-4-3-5-15(16)18/h3-6,14,16-17H,2,7-13H2,1H3/t14-,16-,17+/m1/s1. The molecule has 3 heterocycles. The van der Waals surface area contributed by atoms with Crippen molar-refractivity contribution in [2.24, 2.45) is 5.92 Å². The number of rotatable bonds is 3. The maximum absolute atomic E-state index is 13.1. The third-order valence-corrected chi connectivity index (χ3v) is 5.76. The van der Waals surface area contributed by atoms with Gasteiger partial charge >= 0.3 is 0 Å². The molecule has 1 aromatic rings. The van der Waals surface area contributed by atoms with Gasteiger partial charge in [0.2, 0.25) is 5.91 Å². The van der Waals surface area contributed by atoms with Crippen LogP contribution in [0.5, 0.6) is 5.75 Å². The molecule has 3 atom stereocenters. The molecule has 0 radical (unpaired) electrons. The summed E-state index contributed by atoms with van der Waals surface area (Å²) in [6.45, 7) is 8.02. The highest BCUT2D eigenvalue weighted by Crippen LogP contribution is 2.36. The second kappa shape index (κ2) is 6.73. The van der Waals surface area contributed by atoms with Gasteiger partial charge in [0.05, 0.1) is 13.2 Å². The molecule has 0 bridgehead atoms. The van der Waals surface area contributed by atoms with Crippen LogP contribution in [0.25, 0.3) is 0 Å². The smallest absolute Gasteiger partial charge is 0.233 e. The fourth-order valence-electron chi connectivity index (χ4n) is 4.35. The first-order valence-corrected chi connectivity index (χ1v) is 9.10. The van der Waals surface area contributed by atoms with E-state index in [0.29, 0.717) is 18.6 Å². The van der Waals surface area contributed by atoms with Crippen molar-refractivity contribution in [1.82, 2.24) is 9.80 Å². The van der Waals surface area contributed by atoms with Crippen molar-refractivity contribution in [3.8, 4) is 5.75 Å². The van der Waals surface area contributed by atoms with E-state index in [1.807, 2.05) is 24.3 Å². The molecule has 0 aromatic heterocycles. The van der Waals surface area contributed by atoms with E-state index in [-0.39, 0.29) is 11.8 Å². The molecule has 24 heavy (non-hydrogen) atoms. The molecule has 2 saturated heterocycles. The van der Waals surface area contributed by atoms with E-state index in [1.165, 1.54) is 0 Å². The SMILES string of the molecule is CC[C@@H]1CN(C(=O)[C@@H]2COc3ccccc32)C[C@@H]1N1CCOCC1. The summed E-state index contributed by atoms with van der Waals surface area (Å²) in [5, 5.41) is 0. The fourth-order valence-corrected chi connectivity index (χ4v) is 4.35. The Labute approximate surface area is 143 Å². The minimum Gasteiger partial charge on any atom is -0.492 e. The van der Waals surface area contributed by atoms with E-state index in [1.54, 1.807) is 0 Å². The second-order valence-electron chi connectivity index (χ2n) is 7.03. The summed E-state index contributed by atoms with van der Waals surface area (Å²) in [5.41, 5.74) is 1.05. The van der Waals surface area contributed by atoms with Gasteiger partial charge in [0.25, 0.3) is 0 Å². The summed E-state index contributed by atoms with van der Waals surface area (Å²) >= 11 is 0. The zero-order valence-electron chi connectivity index (χ0n) is 14.3. The zero-order chi connectivity index (χ0) is 16.5. The Balaban J connectivity index is 1.48. The van der Waals surface area contributed by atoms with Crippen LogP contribution in [0, 0.1) is 5.92 Å². The van der Waals surface area contributed by atoms with Gasteiger partial charge < -0.3 is 14.4 Å². The van der Waals surface area contributed by atoms with Gasteiger partial charge in [0.1, 0.15) is 18.3 Å². The highest BCUT2D eigenvalue weighted by molar-refractivity contribution is 5.86. The number of para-hydroxylation sites is 1. The van der Waals surface area contributed by atoms with Crippen molar-refractivity contribution in [3.05, 3.63) is 29.8 Å². The van der Waals surface area contributed by atoms with Crippen LogP contribution in [0.15, 0.2) is 24.3 Å². The highest BCUT2D eigenvalue weighted by atomic mass is 16.5. The molecule has 3 aliphatic rings. The molecule has 2 fully saturated rings. The van der Waals surface area contributed by atoms with Gasteiger partial charge in [-0.25, -0.2) is 0 Å². The Morgan fingerprint density at radius 2 is 2.00 bits per heavy atom. The van der Waals surface area contributed by atoms with Crippen LogP contribution in [-0.4, -0.2) is 67.7 Å². The fraction of sp³-hybridized carbons (Fsp3) is 0.632. The van der Waals surface area contributed by atoms with Gasteiger partial charge in [-0.2, -0.15) is 0 Å². The molecule has 5 heteroatoms. The Bertz CT molecular complexity index is 600. The predicted molar refractivity (Wildman–Crippen MR) is 91.2 cm³/mol. The number of carbonyl (C=O) groups excluding carboxylic acids is 1. The number of likely N-dealkylation sites (tertiary alicyclic amines) is 1. The number of hydrogen-bond acceptors (Lipinski definition) is 4. The second-order valence-corrected chi connectivity index (χ2v) is 7.03. The number of amides is 1. The van der Waals surface area contributed by atoms with Gasteiger partial charge in [-0.15, -0.1) is 0 Å². The summed E-state index contributed by atoms with van der Waals surface area (Å²) in [4.78, 5) is 17.7. The van der Waals surface area contributed by atoms with E-state index in [2.05, 4.69) is 16.7 Å². The molecular weight excluding hydrogens is 304 g/mol. The maximum atomic E-state index is 13.1. The minimum absolute atomic E-state index is 0.137. The van der Waals surface area contributed by atoms with E-state index in [4.69, 9.17) is 9.47 Å². The predicted octanol–water partition coefficient (Wildman–Crippen LogP) is 1.73. The molecule has 5 nitrogen and oxygen atoms in total. The van der Waals surface area contributed by atoms with Gasteiger partial charge in [0, 0.05) is 37.8 Å². The van der Waals surface area contributed by atoms with Crippen molar-refractivity contribution in [2.45, 2.75) is 25.3 Å². The van der Waals surface area contributed by atoms with Crippen LogP contribution in [0.4, 0.5) is 0 Å². The van der Waals surface area contributed by atoms with Crippen LogP contribution in [0.1, 0.15) is 24.8 Å². The van der Waals surface area contributed by atoms with Crippen LogP contribution in [0.2, 0.25) is 0 Å². The van der Waals surface area contributed by atoms with Crippen molar-refractivity contribution >= 4 is 5.91 Å². The summed E-state index contributed by atoms with van der Waals surface area (Å²) in [6.07, 6.45) is 1.11. The lowest BCUT2D eigenvalue weighted by Crippen LogP contribution is -2.47. The molecule has 0 aliphatic carbocycles. The highest BCUT2D eigenvalue weighted by Gasteiger charge is 2.41. The number of nitrogens with zero attached hydrogens (tertiary/aromatic N) is 2. The topological polar surface area (TPSA) is 42.0 Å². The van der Waals surface area contributed by atoms with Crippen molar-refractivity contribution in [2.75, 3.05) is 46.0 Å². The number of carbonyl (C=O) groups is 1. The van der Waals surface area contributed by atoms with Crippen molar-refractivity contribution < 1.29 is 14.3 Å². The lowest BCUT2D eigenvalue weighted by Gasteiger charge is -2.34. The maximum Gasteiger partial charge on any atom is 0.233 e. The summed E-state index contributed by atoms with van der Waals surface area (Å²) < 4.78 is 11.2. The zero-order valence-corrected chi connectivity index (χ0v) is 14.3.